The standard InChI is InChI=1S/C12H16F3NO/c13-12(14,15)6-3-7-17-9-11-5-2-1-4-10(11)8-16/h1-2,4-5H,3,6-9,16H2. The van der Waals surface area contributed by atoms with Crippen LogP contribution in [-0.4, -0.2) is 12.8 Å². The van der Waals surface area contributed by atoms with Crippen molar-refractivity contribution in [2.75, 3.05) is 6.61 Å². The van der Waals surface area contributed by atoms with Crippen LogP contribution in [-0.2, 0) is 17.9 Å². The van der Waals surface area contributed by atoms with E-state index in [1.807, 2.05) is 24.3 Å². The van der Waals surface area contributed by atoms with Gasteiger partial charge in [0.2, 0.25) is 0 Å². The van der Waals surface area contributed by atoms with E-state index in [1.54, 1.807) is 0 Å². The average molecular weight is 247 g/mol. The van der Waals surface area contributed by atoms with E-state index in [1.165, 1.54) is 0 Å². The van der Waals surface area contributed by atoms with Gasteiger partial charge in [0.05, 0.1) is 6.61 Å². The maximum Gasteiger partial charge on any atom is 0.389 e. The predicted molar refractivity (Wildman–Crippen MR) is 59.3 cm³/mol. The van der Waals surface area contributed by atoms with Crippen molar-refractivity contribution in [2.45, 2.75) is 32.2 Å². The summed E-state index contributed by atoms with van der Waals surface area (Å²) in [7, 11) is 0. The quantitative estimate of drug-likeness (QED) is 0.784. The van der Waals surface area contributed by atoms with Crippen molar-refractivity contribution < 1.29 is 17.9 Å². The number of hydrogen-bond acceptors (Lipinski definition) is 2. The van der Waals surface area contributed by atoms with E-state index in [4.69, 9.17) is 10.5 Å². The maximum atomic E-state index is 11.9. The highest BCUT2D eigenvalue weighted by molar-refractivity contribution is 5.26. The lowest BCUT2D eigenvalue weighted by atomic mass is 10.1. The summed E-state index contributed by atoms with van der Waals surface area (Å²) in [5.41, 5.74) is 7.43. The molecule has 0 aliphatic rings. The first-order valence-corrected chi connectivity index (χ1v) is 5.44. The summed E-state index contributed by atoms with van der Waals surface area (Å²) >= 11 is 0. The Labute approximate surface area is 98.6 Å². The predicted octanol–water partition coefficient (Wildman–Crippen LogP) is 3.00. The number of hydrogen-bond donors (Lipinski definition) is 1. The molecule has 0 atom stereocenters. The monoisotopic (exact) mass is 247 g/mol. The minimum absolute atomic E-state index is 0.00566. The molecule has 0 heterocycles. The third-order valence-corrected chi connectivity index (χ3v) is 2.34. The first-order valence-electron chi connectivity index (χ1n) is 5.44. The molecule has 1 rings (SSSR count). The molecule has 0 bridgehead atoms. The minimum atomic E-state index is -4.10. The molecule has 0 fully saturated rings. The van der Waals surface area contributed by atoms with Crippen LogP contribution in [0.3, 0.4) is 0 Å². The molecule has 1 aromatic carbocycles. The molecule has 0 amide bonds. The van der Waals surface area contributed by atoms with Gasteiger partial charge in [0, 0.05) is 19.6 Å². The van der Waals surface area contributed by atoms with E-state index < -0.39 is 12.6 Å². The molecule has 0 radical (unpaired) electrons. The fourth-order valence-electron chi connectivity index (χ4n) is 1.45. The van der Waals surface area contributed by atoms with Crippen LogP contribution < -0.4 is 5.73 Å². The van der Waals surface area contributed by atoms with Crippen LogP contribution in [0.25, 0.3) is 0 Å². The molecule has 2 nitrogen and oxygen atoms in total. The van der Waals surface area contributed by atoms with Crippen molar-refractivity contribution in [1.29, 1.82) is 0 Å². The summed E-state index contributed by atoms with van der Waals surface area (Å²) in [4.78, 5) is 0. The van der Waals surface area contributed by atoms with Crippen LogP contribution in [0.1, 0.15) is 24.0 Å². The number of alkyl halides is 3. The summed E-state index contributed by atoms with van der Waals surface area (Å²) in [6.45, 7) is 0.825. The van der Waals surface area contributed by atoms with Crippen LogP contribution in [0.15, 0.2) is 24.3 Å². The van der Waals surface area contributed by atoms with Gasteiger partial charge in [-0.15, -0.1) is 0 Å². The second-order valence-corrected chi connectivity index (χ2v) is 3.74. The Hall–Kier alpha value is -1.07. The normalized spacial score (nSPS) is 11.8. The van der Waals surface area contributed by atoms with E-state index in [0.717, 1.165) is 11.1 Å². The second kappa shape index (κ2) is 6.61. The zero-order chi connectivity index (χ0) is 12.7. The van der Waals surface area contributed by atoms with Crippen molar-refractivity contribution in [3.63, 3.8) is 0 Å². The van der Waals surface area contributed by atoms with Crippen molar-refractivity contribution in [2.24, 2.45) is 5.73 Å². The molecule has 0 aromatic heterocycles. The molecule has 17 heavy (non-hydrogen) atoms. The largest absolute Gasteiger partial charge is 0.389 e. The number of benzene rings is 1. The SMILES string of the molecule is NCc1ccccc1COCCCC(F)(F)F. The Bertz CT molecular complexity index is 339. The number of nitrogens with two attached hydrogens (primary N) is 1. The van der Waals surface area contributed by atoms with Crippen molar-refractivity contribution >= 4 is 0 Å². The zero-order valence-electron chi connectivity index (χ0n) is 9.46. The average Bonchev–Trinajstić information content (AvgIpc) is 2.27. The number of halogens is 3. The van der Waals surface area contributed by atoms with Gasteiger partial charge < -0.3 is 10.5 Å². The lowest BCUT2D eigenvalue weighted by Crippen LogP contribution is -2.09. The molecule has 1 aromatic rings. The fourth-order valence-corrected chi connectivity index (χ4v) is 1.45. The Morgan fingerprint density at radius 1 is 1.12 bits per heavy atom. The molecule has 2 N–H and O–H groups in total. The van der Waals surface area contributed by atoms with E-state index in [0.29, 0.717) is 13.2 Å². The first-order chi connectivity index (χ1) is 8.03. The molecular weight excluding hydrogens is 231 g/mol. The van der Waals surface area contributed by atoms with Crippen LogP contribution in [0, 0.1) is 0 Å². The van der Waals surface area contributed by atoms with Gasteiger partial charge in [0.25, 0.3) is 0 Å². The van der Waals surface area contributed by atoms with Crippen LogP contribution in [0.5, 0.6) is 0 Å². The van der Waals surface area contributed by atoms with Gasteiger partial charge in [-0.1, -0.05) is 24.3 Å². The smallest absolute Gasteiger partial charge is 0.377 e. The van der Waals surface area contributed by atoms with Gasteiger partial charge in [-0.3, -0.25) is 0 Å². The molecule has 0 unspecified atom stereocenters. The van der Waals surface area contributed by atoms with Crippen LogP contribution in [0.4, 0.5) is 13.2 Å². The van der Waals surface area contributed by atoms with Crippen molar-refractivity contribution in [3.8, 4) is 0 Å². The van der Waals surface area contributed by atoms with Crippen molar-refractivity contribution in [1.82, 2.24) is 0 Å². The summed E-state index contributed by atoms with van der Waals surface area (Å²) < 4.78 is 40.8. The van der Waals surface area contributed by atoms with Crippen LogP contribution in [0.2, 0.25) is 0 Å². The maximum absolute atomic E-state index is 11.9. The van der Waals surface area contributed by atoms with Gasteiger partial charge in [-0.2, -0.15) is 13.2 Å². The third-order valence-electron chi connectivity index (χ3n) is 2.34. The summed E-state index contributed by atoms with van der Waals surface area (Å²) in [5, 5.41) is 0. The Morgan fingerprint density at radius 3 is 2.35 bits per heavy atom. The summed E-state index contributed by atoms with van der Waals surface area (Å²) in [5.74, 6) is 0. The van der Waals surface area contributed by atoms with Gasteiger partial charge in [0.1, 0.15) is 0 Å². The lowest BCUT2D eigenvalue weighted by Gasteiger charge is -2.09. The van der Waals surface area contributed by atoms with Gasteiger partial charge in [-0.05, 0) is 17.5 Å². The molecule has 96 valence electrons. The highest BCUT2D eigenvalue weighted by atomic mass is 19.4. The highest BCUT2D eigenvalue weighted by Crippen LogP contribution is 2.21. The van der Waals surface area contributed by atoms with Gasteiger partial charge in [-0.25, -0.2) is 0 Å². The van der Waals surface area contributed by atoms with Crippen molar-refractivity contribution in [3.05, 3.63) is 35.4 Å². The van der Waals surface area contributed by atoms with E-state index in [2.05, 4.69) is 0 Å². The molecule has 0 saturated carbocycles. The lowest BCUT2D eigenvalue weighted by molar-refractivity contribution is -0.138. The topological polar surface area (TPSA) is 35.2 Å². The fraction of sp³-hybridized carbons (Fsp3) is 0.500. The molecule has 0 aliphatic carbocycles. The second-order valence-electron chi connectivity index (χ2n) is 3.74. The highest BCUT2D eigenvalue weighted by Gasteiger charge is 2.25. The van der Waals surface area contributed by atoms with E-state index in [-0.39, 0.29) is 13.0 Å². The van der Waals surface area contributed by atoms with Crippen LogP contribution >= 0.6 is 0 Å². The van der Waals surface area contributed by atoms with E-state index >= 15 is 0 Å². The molecule has 5 heteroatoms. The Morgan fingerprint density at radius 2 is 1.76 bits per heavy atom. The van der Waals surface area contributed by atoms with E-state index in [9.17, 15) is 13.2 Å². The number of ether oxygens (including phenoxy) is 1. The van der Waals surface area contributed by atoms with Gasteiger partial charge in [0.15, 0.2) is 0 Å². The summed E-state index contributed by atoms with van der Waals surface area (Å²) in [6, 6.07) is 7.48. The third kappa shape index (κ3) is 5.70. The number of rotatable bonds is 6. The first kappa shape index (κ1) is 14.0. The summed E-state index contributed by atoms with van der Waals surface area (Å²) in [6.07, 6.45) is -4.90. The Kier molecular flexibility index (Phi) is 5.44. The molecular formula is C12H16F3NO. The zero-order valence-corrected chi connectivity index (χ0v) is 9.46. The molecule has 0 spiro atoms. The molecule has 0 aliphatic heterocycles. The Balaban J connectivity index is 2.27. The minimum Gasteiger partial charge on any atom is -0.377 e. The van der Waals surface area contributed by atoms with Gasteiger partial charge >= 0.3 is 6.18 Å². The molecule has 0 saturated heterocycles.